The van der Waals surface area contributed by atoms with E-state index in [1.165, 1.54) is 18.2 Å². The van der Waals surface area contributed by atoms with E-state index >= 15 is 0 Å². The number of sulfonamides is 1. The van der Waals surface area contributed by atoms with Crippen LogP contribution in [-0.4, -0.2) is 8.42 Å². The summed E-state index contributed by atoms with van der Waals surface area (Å²) in [5, 5.41) is 5.44. The van der Waals surface area contributed by atoms with Crippen molar-refractivity contribution >= 4 is 32.0 Å². The van der Waals surface area contributed by atoms with E-state index in [2.05, 4.69) is 0 Å². The summed E-state index contributed by atoms with van der Waals surface area (Å²) in [5.74, 6) is 0. The van der Waals surface area contributed by atoms with Crippen LogP contribution in [0, 0.1) is 0 Å². The molecule has 3 rings (SSSR count). The molecule has 0 aliphatic rings. The highest BCUT2D eigenvalue weighted by molar-refractivity contribution is 7.89. The lowest BCUT2D eigenvalue weighted by Crippen LogP contribution is -2.16. The van der Waals surface area contributed by atoms with E-state index in [9.17, 15) is 13.2 Å². The van der Waals surface area contributed by atoms with Gasteiger partial charge in [0.05, 0.1) is 15.7 Å². The largest absolute Gasteiger partial charge is 0.456 e. The smallest absolute Gasteiger partial charge is 0.238 e. The second kappa shape index (κ2) is 3.91. The van der Waals surface area contributed by atoms with Gasteiger partial charge in [0.2, 0.25) is 15.5 Å². The summed E-state index contributed by atoms with van der Waals surface area (Å²) in [6.45, 7) is 0. The minimum atomic E-state index is -3.98. The fourth-order valence-corrected chi connectivity index (χ4v) is 2.80. The highest BCUT2D eigenvalue weighted by atomic mass is 32.2. The lowest BCUT2D eigenvalue weighted by atomic mass is 10.1. The molecule has 0 aliphatic heterocycles. The predicted molar refractivity (Wildman–Crippen MR) is 71.4 cm³/mol. The molecule has 0 bridgehead atoms. The number of para-hydroxylation sites is 1. The molecule has 0 saturated heterocycles. The van der Waals surface area contributed by atoms with Gasteiger partial charge in [-0.1, -0.05) is 18.2 Å². The Kier molecular flexibility index (Phi) is 2.44. The zero-order valence-corrected chi connectivity index (χ0v) is 10.5. The van der Waals surface area contributed by atoms with Crippen LogP contribution in [0.25, 0.3) is 21.9 Å². The molecule has 6 heteroatoms. The topological polar surface area (TPSA) is 90.4 Å². The van der Waals surface area contributed by atoms with Crippen molar-refractivity contribution in [1.82, 2.24) is 0 Å². The molecule has 0 atom stereocenters. The number of fused-ring (bicyclic) bond motifs is 2. The Morgan fingerprint density at radius 3 is 2.37 bits per heavy atom. The monoisotopic (exact) mass is 275 g/mol. The molecule has 3 aromatic rings. The van der Waals surface area contributed by atoms with Gasteiger partial charge in [-0.05, 0) is 24.3 Å². The van der Waals surface area contributed by atoms with Gasteiger partial charge in [-0.3, -0.25) is 4.79 Å². The van der Waals surface area contributed by atoms with Crippen LogP contribution < -0.4 is 10.6 Å². The van der Waals surface area contributed by atoms with E-state index in [-0.39, 0.29) is 15.9 Å². The average Bonchev–Trinajstić information content (AvgIpc) is 2.37. The molecule has 0 saturated carbocycles. The minimum Gasteiger partial charge on any atom is -0.456 e. The van der Waals surface area contributed by atoms with Crippen LogP contribution in [0.3, 0.4) is 0 Å². The van der Waals surface area contributed by atoms with Gasteiger partial charge in [0.25, 0.3) is 0 Å². The lowest BCUT2D eigenvalue weighted by Gasteiger charge is -2.04. The maximum Gasteiger partial charge on any atom is 0.238 e. The Bertz CT molecular complexity index is 957. The molecule has 5 nitrogen and oxygen atoms in total. The quantitative estimate of drug-likeness (QED) is 0.683. The fourth-order valence-electron chi connectivity index (χ4n) is 2.05. The third-order valence-corrected chi connectivity index (χ3v) is 3.83. The van der Waals surface area contributed by atoms with Crippen molar-refractivity contribution in [1.29, 1.82) is 0 Å². The molecule has 0 fully saturated rings. The molecule has 96 valence electrons. The van der Waals surface area contributed by atoms with Crippen LogP contribution in [0.1, 0.15) is 0 Å². The Balaban J connectivity index is 2.65. The van der Waals surface area contributed by atoms with Gasteiger partial charge in [-0.15, -0.1) is 0 Å². The Labute approximate surface area is 108 Å². The van der Waals surface area contributed by atoms with Crippen molar-refractivity contribution < 1.29 is 12.8 Å². The van der Waals surface area contributed by atoms with E-state index in [1.807, 2.05) is 0 Å². The van der Waals surface area contributed by atoms with Crippen molar-refractivity contribution in [3.8, 4) is 0 Å². The molecule has 19 heavy (non-hydrogen) atoms. The zero-order chi connectivity index (χ0) is 13.6. The first kappa shape index (κ1) is 11.9. The van der Waals surface area contributed by atoms with Gasteiger partial charge in [0.15, 0.2) is 0 Å². The van der Waals surface area contributed by atoms with Crippen LogP contribution >= 0.6 is 0 Å². The van der Waals surface area contributed by atoms with E-state index in [1.54, 1.807) is 24.3 Å². The molecule has 0 amide bonds. The highest BCUT2D eigenvalue weighted by Crippen LogP contribution is 2.23. The van der Waals surface area contributed by atoms with Crippen molar-refractivity contribution in [3.63, 3.8) is 0 Å². The van der Waals surface area contributed by atoms with Crippen molar-refractivity contribution in [3.05, 3.63) is 52.7 Å². The third-order valence-electron chi connectivity index (χ3n) is 2.87. The van der Waals surface area contributed by atoms with Crippen molar-refractivity contribution in [2.45, 2.75) is 4.90 Å². The molecular formula is C13H9NO4S. The number of hydrogen-bond acceptors (Lipinski definition) is 4. The summed E-state index contributed by atoms with van der Waals surface area (Å²) < 4.78 is 28.6. The summed E-state index contributed by atoms with van der Waals surface area (Å²) in [6.07, 6.45) is 0. The summed E-state index contributed by atoms with van der Waals surface area (Å²) >= 11 is 0. The van der Waals surface area contributed by atoms with Crippen LogP contribution in [0.15, 0.2) is 56.6 Å². The Morgan fingerprint density at radius 1 is 0.947 bits per heavy atom. The predicted octanol–water partition coefficient (Wildman–Crippen LogP) is 1.59. The van der Waals surface area contributed by atoms with E-state index in [0.717, 1.165) is 0 Å². The normalized spacial score (nSPS) is 12.1. The van der Waals surface area contributed by atoms with Gasteiger partial charge in [-0.25, -0.2) is 13.6 Å². The molecule has 1 heterocycles. The highest BCUT2D eigenvalue weighted by Gasteiger charge is 2.17. The number of nitrogens with two attached hydrogens (primary N) is 1. The summed E-state index contributed by atoms with van der Waals surface area (Å²) in [7, 11) is -3.98. The lowest BCUT2D eigenvalue weighted by molar-refractivity contribution is 0.598. The maximum atomic E-state index is 12.4. The molecule has 2 N–H and O–H groups in total. The van der Waals surface area contributed by atoms with Crippen LogP contribution in [0.4, 0.5) is 0 Å². The first-order valence-corrected chi connectivity index (χ1v) is 7.00. The van der Waals surface area contributed by atoms with E-state index in [0.29, 0.717) is 11.0 Å². The van der Waals surface area contributed by atoms with Crippen LogP contribution in [0.5, 0.6) is 0 Å². The maximum absolute atomic E-state index is 12.4. The second-order valence-corrected chi connectivity index (χ2v) is 5.63. The first-order valence-electron chi connectivity index (χ1n) is 5.46. The first-order chi connectivity index (χ1) is 8.98. The summed E-state index contributed by atoms with van der Waals surface area (Å²) in [5.41, 5.74) is 0.211. The molecular weight excluding hydrogens is 266 g/mol. The zero-order valence-electron chi connectivity index (χ0n) is 9.66. The Morgan fingerprint density at radius 2 is 1.63 bits per heavy atom. The van der Waals surface area contributed by atoms with Crippen molar-refractivity contribution in [2.24, 2.45) is 5.14 Å². The van der Waals surface area contributed by atoms with Crippen molar-refractivity contribution in [2.75, 3.05) is 0 Å². The third kappa shape index (κ3) is 1.81. The van der Waals surface area contributed by atoms with Crippen LogP contribution in [-0.2, 0) is 10.0 Å². The molecule has 0 radical (unpaired) electrons. The van der Waals surface area contributed by atoms with Gasteiger partial charge in [0, 0.05) is 0 Å². The van der Waals surface area contributed by atoms with Gasteiger partial charge >= 0.3 is 0 Å². The van der Waals surface area contributed by atoms with Crippen LogP contribution in [0.2, 0.25) is 0 Å². The van der Waals surface area contributed by atoms with E-state index < -0.39 is 15.5 Å². The average molecular weight is 275 g/mol. The number of hydrogen-bond donors (Lipinski definition) is 1. The molecule has 1 aromatic heterocycles. The van der Waals surface area contributed by atoms with E-state index in [4.69, 9.17) is 9.56 Å². The number of rotatable bonds is 1. The number of benzene rings is 2. The Hall–Kier alpha value is -2.18. The number of primary sulfonamides is 1. The van der Waals surface area contributed by atoms with Gasteiger partial charge in [-0.2, -0.15) is 0 Å². The van der Waals surface area contributed by atoms with Gasteiger partial charge in [0.1, 0.15) is 11.2 Å². The SMILES string of the molecule is NS(=O)(=O)c1cccc2oc3ccccc3c(=O)c12. The second-order valence-electron chi connectivity index (χ2n) is 4.10. The molecule has 0 unspecified atom stereocenters. The minimum absolute atomic E-state index is 0.0105. The summed E-state index contributed by atoms with van der Waals surface area (Å²) in [6, 6.07) is 11.0. The molecule has 2 aromatic carbocycles. The standard InChI is InChI=1S/C13H9NO4S/c14-19(16,17)11-7-3-6-10-12(11)13(15)8-4-1-2-5-9(8)18-10/h1-7H,(H2,14,16,17). The fraction of sp³-hybridized carbons (Fsp3) is 0. The molecule has 0 aliphatic carbocycles. The molecule has 0 spiro atoms. The summed E-state index contributed by atoms with van der Waals surface area (Å²) in [4.78, 5) is 12.2. The van der Waals surface area contributed by atoms with Gasteiger partial charge < -0.3 is 4.42 Å².